The van der Waals surface area contributed by atoms with Gasteiger partial charge in [0, 0.05) is 31.9 Å². The lowest BCUT2D eigenvalue weighted by atomic mass is 10.1. The molecule has 0 radical (unpaired) electrons. The number of rotatable bonds is 8. The number of carbonyl (C=O) groups is 1. The van der Waals surface area contributed by atoms with Crippen molar-refractivity contribution >= 4 is 11.7 Å². The summed E-state index contributed by atoms with van der Waals surface area (Å²) in [5, 5.41) is 2.98. The maximum Gasteiger partial charge on any atom is 0.254 e. The van der Waals surface area contributed by atoms with Crippen molar-refractivity contribution in [2.24, 2.45) is 11.8 Å². The summed E-state index contributed by atoms with van der Waals surface area (Å²) >= 11 is 0. The molecule has 1 N–H and O–H groups in total. The highest BCUT2D eigenvalue weighted by molar-refractivity contribution is 5.94. The second-order valence-corrected chi connectivity index (χ2v) is 6.34. The van der Waals surface area contributed by atoms with E-state index in [0.717, 1.165) is 31.7 Å². The van der Waals surface area contributed by atoms with Gasteiger partial charge in [-0.25, -0.2) is 4.98 Å². The first-order valence-corrected chi connectivity index (χ1v) is 7.87. The van der Waals surface area contributed by atoms with E-state index in [4.69, 9.17) is 0 Å². The van der Waals surface area contributed by atoms with E-state index in [1.54, 1.807) is 12.3 Å². The van der Waals surface area contributed by atoms with Gasteiger partial charge in [-0.3, -0.25) is 4.79 Å². The number of pyridine rings is 1. The highest BCUT2D eigenvalue weighted by Gasteiger charge is 2.17. The van der Waals surface area contributed by atoms with Gasteiger partial charge in [-0.15, -0.1) is 0 Å². The fourth-order valence-corrected chi connectivity index (χ4v) is 2.03. The van der Waals surface area contributed by atoms with Crippen LogP contribution in [0.15, 0.2) is 18.3 Å². The molecule has 1 heterocycles. The van der Waals surface area contributed by atoms with Crippen molar-refractivity contribution < 1.29 is 4.79 Å². The van der Waals surface area contributed by atoms with E-state index in [2.05, 4.69) is 38.0 Å². The van der Waals surface area contributed by atoms with Gasteiger partial charge in [0.2, 0.25) is 0 Å². The van der Waals surface area contributed by atoms with E-state index >= 15 is 0 Å². The number of amides is 1. The van der Waals surface area contributed by atoms with E-state index in [9.17, 15) is 4.79 Å². The average molecular weight is 291 g/mol. The van der Waals surface area contributed by atoms with Crippen molar-refractivity contribution in [3.8, 4) is 0 Å². The van der Waals surface area contributed by atoms with Crippen LogP contribution in [0.1, 0.15) is 50.9 Å². The predicted molar refractivity (Wildman–Crippen MR) is 88.6 cm³/mol. The Bertz CT molecular complexity index is 431. The summed E-state index contributed by atoms with van der Waals surface area (Å²) in [5.41, 5.74) is 0.710. The number of anilines is 1. The number of hydrogen-bond acceptors (Lipinski definition) is 3. The van der Waals surface area contributed by atoms with Gasteiger partial charge in [0.05, 0.1) is 0 Å². The molecule has 1 aromatic rings. The lowest BCUT2D eigenvalue weighted by Gasteiger charge is -2.24. The Morgan fingerprint density at radius 3 is 2.24 bits per heavy atom. The Morgan fingerprint density at radius 1 is 1.19 bits per heavy atom. The molecule has 4 nitrogen and oxygen atoms in total. The van der Waals surface area contributed by atoms with Gasteiger partial charge in [0.1, 0.15) is 5.82 Å². The summed E-state index contributed by atoms with van der Waals surface area (Å²) in [6.45, 7) is 10.4. The Balaban J connectivity index is 2.81. The predicted octanol–water partition coefficient (Wildman–Crippen LogP) is 3.66. The number of nitrogens with one attached hydrogen (secondary N) is 1. The van der Waals surface area contributed by atoms with Gasteiger partial charge < -0.3 is 10.2 Å². The minimum absolute atomic E-state index is 0.107. The third-order valence-electron chi connectivity index (χ3n) is 3.50. The van der Waals surface area contributed by atoms with Crippen LogP contribution in [-0.2, 0) is 0 Å². The highest BCUT2D eigenvalue weighted by Crippen LogP contribution is 2.13. The molecule has 0 unspecified atom stereocenters. The van der Waals surface area contributed by atoms with Crippen molar-refractivity contribution in [3.63, 3.8) is 0 Å². The van der Waals surface area contributed by atoms with Crippen molar-refractivity contribution in [1.29, 1.82) is 0 Å². The summed E-state index contributed by atoms with van der Waals surface area (Å²) in [6.07, 6.45) is 3.75. The Morgan fingerprint density at radius 2 is 1.76 bits per heavy atom. The maximum absolute atomic E-state index is 12.7. The molecule has 0 bridgehead atoms. The van der Waals surface area contributed by atoms with Crippen LogP contribution in [0.25, 0.3) is 0 Å². The van der Waals surface area contributed by atoms with Gasteiger partial charge in [0.25, 0.3) is 5.91 Å². The van der Waals surface area contributed by atoms with E-state index in [1.165, 1.54) is 0 Å². The van der Waals surface area contributed by atoms with E-state index in [-0.39, 0.29) is 5.91 Å². The fourth-order valence-electron chi connectivity index (χ4n) is 2.03. The Labute approximate surface area is 129 Å². The smallest absolute Gasteiger partial charge is 0.254 e. The second kappa shape index (κ2) is 8.65. The van der Waals surface area contributed by atoms with Crippen LogP contribution >= 0.6 is 0 Å². The molecule has 0 spiro atoms. The first-order chi connectivity index (χ1) is 9.93. The first-order valence-electron chi connectivity index (χ1n) is 7.87. The fraction of sp³-hybridized carbons (Fsp3) is 0.647. The van der Waals surface area contributed by atoms with Crippen LogP contribution in [0.5, 0.6) is 0 Å². The zero-order chi connectivity index (χ0) is 15.8. The second-order valence-electron chi connectivity index (χ2n) is 6.34. The van der Waals surface area contributed by atoms with Gasteiger partial charge in [-0.2, -0.15) is 0 Å². The molecular weight excluding hydrogens is 262 g/mol. The van der Waals surface area contributed by atoms with Crippen molar-refractivity contribution in [2.75, 3.05) is 25.5 Å². The summed E-state index contributed by atoms with van der Waals surface area (Å²) < 4.78 is 0. The number of aromatic nitrogens is 1. The number of carbonyl (C=O) groups excluding carboxylic acids is 1. The van der Waals surface area contributed by atoms with Crippen LogP contribution in [0.2, 0.25) is 0 Å². The van der Waals surface area contributed by atoms with Crippen molar-refractivity contribution in [3.05, 3.63) is 23.9 Å². The summed E-state index contributed by atoms with van der Waals surface area (Å²) in [7, 11) is 1.81. The highest BCUT2D eigenvalue weighted by atomic mass is 16.2. The molecule has 0 aliphatic rings. The molecule has 1 aromatic heterocycles. The van der Waals surface area contributed by atoms with Crippen molar-refractivity contribution in [2.45, 2.75) is 40.5 Å². The minimum Gasteiger partial charge on any atom is -0.373 e. The van der Waals surface area contributed by atoms with Crippen LogP contribution in [-0.4, -0.2) is 35.9 Å². The molecule has 4 heteroatoms. The third-order valence-corrected chi connectivity index (χ3v) is 3.50. The zero-order valence-electron chi connectivity index (χ0n) is 14.0. The molecule has 0 aromatic carbocycles. The van der Waals surface area contributed by atoms with Crippen LogP contribution in [0.3, 0.4) is 0 Å². The Kier molecular flexibility index (Phi) is 7.20. The molecule has 0 atom stereocenters. The largest absolute Gasteiger partial charge is 0.373 e. The topological polar surface area (TPSA) is 45.2 Å². The monoisotopic (exact) mass is 291 g/mol. The lowest BCUT2D eigenvalue weighted by molar-refractivity contribution is 0.0741. The summed E-state index contributed by atoms with van der Waals surface area (Å²) in [5.74, 6) is 2.04. The molecule has 0 saturated heterocycles. The van der Waals surface area contributed by atoms with Gasteiger partial charge in [-0.05, 0) is 36.8 Å². The maximum atomic E-state index is 12.7. The quantitative estimate of drug-likeness (QED) is 0.795. The minimum atomic E-state index is 0.107. The number of nitrogens with zero attached hydrogens (tertiary/aromatic N) is 2. The normalized spacial score (nSPS) is 11.0. The Hall–Kier alpha value is -1.58. The molecule has 1 rings (SSSR count). The molecule has 0 aliphatic heterocycles. The van der Waals surface area contributed by atoms with E-state index in [0.29, 0.717) is 17.4 Å². The summed E-state index contributed by atoms with van der Waals surface area (Å²) in [4.78, 5) is 18.9. The van der Waals surface area contributed by atoms with Crippen LogP contribution in [0, 0.1) is 11.8 Å². The molecule has 0 saturated carbocycles. The number of hydrogen-bond donors (Lipinski definition) is 1. The summed E-state index contributed by atoms with van der Waals surface area (Å²) in [6, 6.07) is 3.61. The molecule has 1 amide bonds. The van der Waals surface area contributed by atoms with Crippen LogP contribution in [0.4, 0.5) is 5.82 Å². The van der Waals surface area contributed by atoms with Gasteiger partial charge >= 0.3 is 0 Å². The average Bonchev–Trinajstić information content (AvgIpc) is 2.46. The SMILES string of the molecule is CNc1cc(C(=O)N(CCC(C)C)CCC(C)C)ccn1. The van der Waals surface area contributed by atoms with Gasteiger partial charge in [0.15, 0.2) is 0 Å². The van der Waals surface area contributed by atoms with E-state index in [1.807, 2.05) is 18.0 Å². The van der Waals surface area contributed by atoms with Crippen molar-refractivity contribution in [1.82, 2.24) is 9.88 Å². The standard InChI is InChI=1S/C17H29N3O/c1-13(2)7-10-20(11-8-14(3)4)17(21)15-6-9-19-16(12-15)18-5/h6,9,12-14H,7-8,10-11H2,1-5H3,(H,18,19). The van der Waals surface area contributed by atoms with E-state index < -0.39 is 0 Å². The first kappa shape index (κ1) is 17.5. The molecule has 0 aliphatic carbocycles. The van der Waals surface area contributed by atoms with Gasteiger partial charge in [-0.1, -0.05) is 27.7 Å². The third kappa shape index (κ3) is 6.15. The van der Waals surface area contributed by atoms with Crippen LogP contribution < -0.4 is 5.32 Å². The molecule has 21 heavy (non-hydrogen) atoms. The zero-order valence-corrected chi connectivity index (χ0v) is 14.0. The lowest BCUT2D eigenvalue weighted by Crippen LogP contribution is -2.34. The molecule has 118 valence electrons. The molecular formula is C17H29N3O. The molecule has 0 fully saturated rings.